The Bertz CT molecular complexity index is 641. The summed E-state index contributed by atoms with van der Waals surface area (Å²) in [6, 6.07) is 1.63. The highest BCUT2D eigenvalue weighted by atomic mass is 16.5. The molecule has 1 saturated heterocycles. The van der Waals surface area contributed by atoms with Crippen LogP contribution in [0, 0.1) is 6.92 Å². The lowest BCUT2D eigenvalue weighted by molar-refractivity contribution is -0.141. The average Bonchev–Trinajstić information content (AvgIpc) is 3.16. The molecule has 1 aliphatic rings. The molecule has 21 heavy (non-hydrogen) atoms. The molecule has 0 N–H and O–H groups in total. The van der Waals surface area contributed by atoms with Gasteiger partial charge < -0.3 is 9.64 Å². The van der Waals surface area contributed by atoms with Gasteiger partial charge in [-0.25, -0.2) is 14.8 Å². The molecule has 0 aromatic carbocycles. The summed E-state index contributed by atoms with van der Waals surface area (Å²) in [6.45, 7) is 2.70. The normalized spacial score (nSPS) is 18.0. The monoisotopic (exact) mass is 287 g/mol. The molecule has 3 heterocycles. The van der Waals surface area contributed by atoms with Gasteiger partial charge in [-0.15, -0.1) is 0 Å². The van der Waals surface area contributed by atoms with Gasteiger partial charge in [-0.3, -0.25) is 4.57 Å². The lowest BCUT2D eigenvalue weighted by Crippen LogP contribution is -2.37. The number of rotatable bonds is 3. The van der Waals surface area contributed by atoms with Crippen LogP contribution >= 0.6 is 0 Å². The molecule has 1 atom stereocenters. The van der Waals surface area contributed by atoms with Crippen molar-refractivity contribution in [1.29, 1.82) is 0 Å². The Kier molecular flexibility index (Phi) is 3.55. The van der Waals surface area contributed by atoms with E-state index >= 15 is 0 Å². The zero-order chi connectivity index (χ0) is 14.8. The summed E-state index contributed by atoms with van der Waals surface area (Å²) in [5.41, 5.74) is 0.846. The van der Waals surface area contributed by atoms with Gasteiger partial charge in [-0.1, -0.05) is 0 Å². The summed E-state index contributed by atoms with van der Waals surface area (Å²) in [7, 11) is 1.42. The van der Waals surface area contributed by atoms with Gasteiger partial charge in [0.25, 0.3) is 0 Å². The van der Waals surface area contributed by atoms with Crippen molar-refractivity contribution in [2.45, 2.75) is 25.8 Å². The van der Waals surface area contributed by atoms with Gasteiger partial charge in [0.15, 0.2) is 0 Å². The third-order valence-corrected chi connectivity index (χ3v) is 3.58. The molecule has 0 spiro atoms. The second-order valence-electron chi connectivity index (χ2n) is 5.01. The number of carbonyl (C=O) groups excluding carboxylic acids is 1. The molecule has 2 aromatic heterocycles. The summed E-state index contributed by atoms with van der Waals surface area (Å²) < 4.78 is 6.63. The van der Waals surface area contributed by atoms with Crippen LogP contribution in [0.4, 0.5) is 5.82 Å². The molecule has 0 aliphatic carbocycles. The van der Waals surface area contributed by atoms with Crippen molar-refractivity contribution in [1.82, 2.24) is 19.5 Å². The molecule has 0 radical (unpaired) electrons. The Morgan fingerprint density at radius 1 is 1.43 bits per heavy atom. The van der Waals surface area contributed by atoms with Crippen molar-refractivity contribution in [3.8, 4) is 5.95 Å². The van der Waals surface area contributed by atoms with Gasteiger partial charge in [-0.2, -0.15) is 4.98 Å². The second kappa shape index (κ2) is 5.51. The van der Waals surface area contributed by atoms with Crippen molar-refractivity contribution < 1.29 is 9.53 Å². The summed E-state index contributed by atoms with van der Waals surface area (Å²) >= 11 is 0. The maximum absolute atomic E-state index is 11.9. The van der Waals surface area contributed by atoms with Gasteiger partial charge in [0, 0.05) is 30.7 Å². The zero-order valence-corrected chi connectivity index (χ0v) is 12.1. The van der Waals surface area contributed by atoms with Crippen LogP contribution in [-0.2, 0) is 9.53 Å². The van der Waals surface area contributed by atoms with Crippen molar-refractivity contribution in [2.24, 2.45) is 0 Å². The van der Waals surface area contributed by atoms with E-state index in [1.165, 1.54) is 7.11 Å². The van der Waals surface area contributed by atoms with Crippen molar-refractivity contribution in [2.75, 3.05) is 18.6 Å². The van der Waals surface area contributed by atoms with Crippen LogP contribution in [0.2, 0.25) is 0 Å². The summed E-state index contributed by atoms with van der Waals surface area (Å²) in [4.78, 5) is 26.8. The quantitative estimate of drug-likeness (QED) is 0.787. The van der Waals surface area contributed by atoms with E-state index in [0.29, 0.717) is 5.95 Å². The van der Waals surface area contributed by atoms with Crippen LogP contribution in [0.25, 0.3) is 5.95 Å². The third kappa shape index (κ3) is 2.58. The SMILES string of the molecule is COC(=O)[C@H]1CCCN1c1cc(C)nc(-n2ccnc2)n1. The highest BCUT2D eigenvalue weighted by Crippen LogP contribution is 2.25. The first-order chi connectivity index (χ1) is 10.2. The van der Waals surface area contributed by atoms with Crippen LogP contribution in [0.5, 0.6) is 0 Å². The van der Waals surface area contributed by atoms with Crippen LogP contribution in [-0.4, -0.2) is 45.2 Å². The topological polar surface area (TPSA) is 73.1 Å². The number of anilines is 1. The smallest absolute Gasteiger partial charge is 0.328 e. The molecule has 1 aliphatic heterocycles. The number of nitrogens with zero attached hydrogens (tertiary/aromatic N) is 5. The minimum atomic E-state index is -0.264. The number of hydrogen-bond acceptors (Lipinski definition) is 6. The standard InChI is InChI=1S/C14H17N5O2/c1-10-8-12(17-14(16-10)18-7-5-15-9-18)19-6-3-4-11(19)13(20)21-2/h5,7-9,11H,3-4,6H2,1-2H3/t11-/m1/s1. The average molecular weight is 287 g/mol. The zero-order valence-electron chi connectivity index (χ0n) is 12.1. The van der Waals surface area contributed by atoms with Crippen molar-refractivity contribution in [3.63, 3.8) is 0 Å². The molecule has 0 amide bonds. The molecule has 0 bridgehead atoms. The van der Waals surface area contributed by atoms with Gasteiger partial charge in [0.1, 0.15) is 18.2 Å². The molecule has 110 valence electrons. The number of ether oxygens (including phenoxy) is 1. The maximum Gasteiger partial charge on any atom is 0.328 e. The fourth-order valence-corrected chi connectivity index (χ4v) is 2.60. The molecular weight excluding hydrogens is 270 g/mol. The Morgan fingerprint density at radius 2 is 2.29 bits per heavy atom. The van der Waals surface area contributed by atoms with E-state index in [0.717, 1.165) is 30.9 Å². The van der Waals surface area contributed by atoms with Gasteiger partial charge in [-0.05, 0) is 19.8 Å². The predicted octanol–water partition coefficient (Wildman–Crippen LogP) is 1.11. The van der Waals surface area contributed by atoms with Crippen LogP contribution in [0.1, 0.15) is 18.5 Å². The number of imidazole rings is 1. The number of aryl methyl sites for hydroxylation is 1. The molecule has 7 nitrogen and oxygen atoms in total. The van der Waals surface area contributed by atoms with E-state index < -0.39 is 0 Å². The molecule has 3 rings (SSSR count). The second-order valence-corrected chi connectivity index (χ2v) is 5.01. The van der Waals surface area contributed by atoms with E-state index in [9.17, 15) is 4.79 Å². The van der Waals surface area contributed by atoms with Gasteiger partial charge in [0.05, 0.1) is 7.11 Å². The molecule has 2 aromatic rings. The van der Waals surface area contributed by atoms with Gasteiger partial charge in [0.2, 0.25) is 5.95 Å². The fourth-order valence-electron chi connectivity index (χ4n) is 2.60. The molecule has 0 saturated carbocycles. The summed E-state index contributed by atoms with van der Waals surface area (Å²) in [5, 5.41) is 0. The lowest BCUT2D eigenvalue weighted by atomic mass is 10.2. The van der Waals surface area contributed by atoms with Crippen LogP contribution in [0.15, 0.2) is 24.8 Å². The highest BCUT2D eigenvalue weighted by molar-refractivity contribution is 5.80. The largest absolute Gasteiger partial charge is 0.467 e. The van der Waals surface area contributed by atoms with E-state index in [1.807, 2.05) is 17.9 Å². The number of aromatic nitrogens is 4. The van der Waals surface area contributed by atoms with Crippen LogP contribution in [0.3, 0.4) is 0 Å². The molecule has 0 unspecified atom stereocenters. The fraction of sp³-hybridized carbons (Fsp3) is 0.429. The Balaban J connectivity index is 1.97. The molecule has 1 fully saturated rings. The minimum absolute atomic E-state index is 0.215. The van der Waals surface area contributed by atoms with Gasteiger partial charge >= 0.3 is 5.97 Å². The number of hydrogen-bond donors (Lipinski definition) is 0. The Labute approximate surface area is 122 Å². The number of methoxy groups -OCH3 is 1. The highest BCUT2D eigenvalue weighted by Gasteiger charge is 2.32. The first kappa shape index (κ1) is 13.5. The first-order valence-corrected chi connectivity index (χ1v) is 6.87. The molecular formula is C14H17N5O2. The van der Waals surface area contributed by atoms with E-state index in [4.69, 9.17) is 4.74 Å². The number of carbonyl (C=O) groups is 1. The third-order valence-electron chi connectivity index (χ3n) is 3.58. The Morgan fingerprint density at radius 3 is 3.00 bits per heavy atom. The minimum Gasteiger partial charge on any atom is -0.467 e. The first-order valence-electron chi connectivity index (χ1n) is 6.87. The van der Waals surface area contributed by atoms with E-state index in [1.54, 1.807) is 23.3 Å². The summed E-state index contributed by atoms with van der Waals surface area (Å²) in [5.74, 6) is 1.09. The van der Waals surface area contributed by atoms with Crippen molar-refractivity contribution in [3.05, 3.63) is 30.5 Å². The lowest BCUT2D eigenvalue weighted by Gasteiger charge is -2.24. The van der Waals surface area contributed by atoms with E-state index in [2.05, 4.69) is 15.0 Å². The van der Waals surface area contributed by atoms with Crippen LogP contribution < -0.4 is 4.90 Å². The Hall–Kier alpha value is -2.44. The maximum atomic E-state index is 11.9. The summed E-state index contributed by atoms with van der Waals surface area (Å²) in [6.07, 6.45) is 6.86. The van der Waals surface area contributed by atoms with Crippen molar-refractivity contribution >= 4 is 11.8 Å². The number of esters is 1. The predicted molar refractivity (Wildman–Crippen MR) is 76.3 cm³/mol. The molecule has 7 heteroatoms. The van der Waals surface area contributed by atoms with E-state index in [-0.39, 0.29) is 12.0 Å².